The Balaban J connectivity index is 1.89. The molecule has 32 heavy (non-hydrogen) atoms. The fraction of sp³-hybridized carbons (Fsp3) is 0.926. The van der Waals surface area contributed by atoms with Crippen LogP contribution >= 0.6 is 0 Å². The highest BCUT2D eigenvalue weighted by Gasteiger charge is 2.66. The summed E-state index contributed by atoms with van der Waals surface area (Å²) in [5.41, 5.74) is 0.287. The van der Waals surface area contributed by atoms with E-state index in [4.69, 9.17) is 14.2 Å². The van der Waals surface area contributed by atoms with E-state index in [1.54, 1.807) is 0 Å². The average Bonchev–Trinajstić information content (AvgIpc) is 3.33. The summed E-state index contributed by atoms with van der Waals surface area (Å²) in [5.74, 6) is 3.05. The molecule has 0 aliphatic heterocycles. The van der Waals surface area contributed by atoms with E-state index >= 15 is 0 Å². The van der Waals surface area contributed by atoms with Crippen molar-refractivity contribution in [2.45, 2.75) is 67.7 Å². The second-order valence-corrected chi connectivity index (χ2v) is 11.6. The van der Waals surface area contributed by atoms with Crippen molar-refractivity contribution in [3.8, 4) is 0 Å². The third kappa shape index (κ3) is 4.35. The van der Waals surface area contributed by atoms with Crippen LogP contribution < -0.4 is 0 Å². The largest absolute Gasteiger partial charge is 0.469 e. The van der Waals surface area contributed by atoms with Crippen molar-refractivity contribution < 1.29 is 23.8 Å². The van der Waals surface area contributed by atoms with Gasteiger partial charge in [0.05, 0.1) is 25.6 Å². The Bertz CT molecular complexity index is 671. The van der Waals surface area contributed by atoms with Crippen molar-refractivity contribution in [2.24, 2.45) is 64.6 Å². The second-order valence-electron chi connectivity index (χ2n) is 11.6. The molecule has 0 aromatic rings. The molecule has 9 atom stereocenters. The molecule has 3 saturated carbocycles. The topological polar surface area (TPSA) is 61.8 Å². The van der Waals surface area contributed by atoms with E-state index in [0.717, 1.165) is 6.42 Å². The molecule has 5 heteroatoms. The molecule has 3 rings (SSSR count). The Morgan fingerprint density at radius 2 is 1.69 bits per heavy atom. The van der Waals surface area contributed by atoms with Gasteiger partial charge in [0, 0.05) is 6.61 Å². The van der Waals surface area contributed by atoms with Gasteiger partial charge in [-0.2, -0.15) is 0 Å². The van der Waals surface area contributed by atoms with Gasteiger partial charge in [0.1, 0.15) is 6.61 Å². The minimum absolute atomic E-state index is 0.132. The van der Waals surface area contributed by atoms with Gasteiger partial charge in [-0.15, -0.1) is 0 Å². The maximum absolute atomic E-state index is 13.2. The van der Waals surface area contributed by atoms with E-state index in [-0.39, 0.29) is 29.9 Å². The summed E-state index contributed by atoms with van der Waals surface area (Å²) >= 11 is 0. The highest BCUT2D eigenvalue weighted by atomic mass is 16.6. The normalized spacial score (nSPS) is 38.6. The number of hydrogen-bond acceptors (Lipinski definition) is 5. The number of methoxy groups -OCH3 is 1. The maximum atomic E-state index is 13.2. The van der Waals surface area contributed by atoms with Crippen molar-refractivity contribution in [3.05, 3.63) is 0 Å². The summed E-state index contributed by atoms with van der Waals surface area (Å²) in [6.45, 7) is 17.3. The van der Waals surface area contributed by atoms with E-state index in [2.05, 4.69) is 41.5 Å². The molecule has 0 radical (unpaired) electrons. The lowest BCUT2D eigenvalue weighted by atomic mass is 9.50. The van der Waals surface area contributed by atoms with Crippen molar-refractivity contribution in [1.29, 1.82) is 0 Å². The minimum Gasteiger partial charge on any atom is -0.469 e. The molecule has 0 spiro atoms. The summed E-state index contributed by atoms with van der Waals surface area (Å²) in [5, 5.41) is 0. The van der Waals surface area contributed by atoms with Gasteiger partial charge in [-0.25, -0.2) is 0 Å². The van der Waals surface area contributed by atoms with Gasteiger partial charge in [-0.1, -0.05) is 48.0 Å². The lowest BCUT2D eigenvalue weighted by Gasteiger charge is -2.54. The Labute approximate surface area is 195 Å². The minimum atomic E-state index is -0.414. The van der Waals surface area contributed by atoms with E-state index in [9.17, 15) is 9.59 Å². The lowest BCUT2D eigenvalue weighted by Crippen LogP contribution is -2.53. The maximum Gasteiger partial charge on any atom is 0.309 e. The zero-order valence-corrected chi connectivity index (χ0v) is 21.6. The quantitative estimate of drug-likeness (QED) is 0.356. The Hall–Kier alpha value is -1.10. The first kappa shape index (κ1) is 25.5. The van der Waals surface area contributed by atoms with Crippen LogP contribution in [0.1, 0.15) is 67.7 Å². The van der Waals surface area contributed by atoms with Crippen LogP contribution in [0.15, 0.2) is 0 Å². The molecular formula is C27H46O5. The number of fused-ring (bicyclic) bond motifs is 5. The Morgan fingerprint density at radius 1 is 1.00 bits per heavy atom. The van der Waals surface area contributed by atoms with E-state index in [1.807, 2.05) is 6.92 Å². The fourth-order valence-electron chi connectivity index (χ4n) is 8.24. The molecule has 5 nitrogen and oxygen atoms in total. The van der Waals surface area contributed by atoms with Crippen LogP contribution in [0.5, 0.6) is 0 Å². The third-order valence-electron chi connectivity index (χ3n) is 9.62. The number of carbonyl (C=O) groups excluding carboxylic acids is 2. The summed E-state index contributed by atoms with van der Waals surface area (Å²) in [7, 11) is 1.44. The molecule has 3 aliphatic rings. The van der Waals surface area contributed by atoms with Gasteiger partial charge >= 0.3 is 11.9 Å². The van der Waals surface area contributed by atoms with Crippen LogP contribution in [0.2, 0.25) is 0 Å². The molecule has 0 N–H and O–H groups in total. The zero-order valence-electron chi connectivity index (χ0n) is 21.6. The Morgan fingerprint density at radius 3 is 2.25 bits per heavy atom. The third-order valence-corrected chi connectivity index (χ3v) is 9.62. The number of rotatable bonds is 9. The van der Waals surface area contributed by atoms with Crippen molar-refractivity contribution >= 4 is 11.9 Å². The molecule has 3 aliphatic carbocycles. The summed E-state index contributed by atoms with van der Waals surface area (Å²) in [6.07, 6.45) is 3.17. The molecule has 3 fully saturated rings. The predicted octanol–water partition coefficient (Wildman–Crippen LogP) is 5.22. The van der Waals surface area contributed by atoms with Crippen LogP contribution in [-0.4, -0.2) is 38.9 Å². The van der Waals surface area contributed by atoms with Crippen LogP contribution in [0.4, 0.5) is 0 Å². The number of ether oxygens (including phenoxy) is 3. The van der Waals surface area contributed by atoms with Gasteiger partial charge < -0.3 is 14.2 Å². The van der Waals surface area contributed by atoms with Gasteiger partial charge in [-0.3, -0.25) is 9.59 Å². The van der Waals surface area contributed by atoms with Gasteiger partial charge in [0.2, 0.25) is 0 Å². The smallest absolute Gasteiger partial charge is 0.309 e. The first-order valence-electron chi connectivity index (χ1n) is 12.9. The average molecular weight is 451 g/mol. The molecule has 2 bridgehead atoms. The van der Waals surface area contributed by atoms with Crippen molar-refractivity contribution in [1.82, 2.24) is 0 Å². The van der Waals surface area contributed by atoms with Crippen LogP contribution in [0.25, 0.3) is 0 Å². The van der Waals surface area contributed by atoms with Crippen molar-refractivity contribution in [2.75, 3.05) is 26.9 Å². The van der Waals surface area contributed by atoms with E-state index < -0.39 is 11.8 Å². The Kier molecular flexibility index (Phi) is 8.00. The van der Waals surface area contributed by atoms with E-state index in [1.165, 1.54) is 20.0 Å². The van der Waals surface area contributed by atoms with Gasteiger partial charge in [0.15, 0.2) is 0 Å². The summed E-state index contributed by atoms with van der Waals surface area (Å²) in [4.78, 5) is 26.0. The molecule has 0 saturated heterocycles. The number of hydrogen-bond donors (Lipinski definition) is 0. The van der Waals surface area contributed by atoms with Crippen LogP contribution in [0, 0.1) is 64.6 Å². The second kappa shape index (κ2) is 10.0. The van der Waals surface area contributed by atoms with Crippen LogP contribution in [-0.2, 0) is 23.8 Å². The number of esters is 2. The molecule has 0 heterocycles. The van der Waals surface area contributed by atoms with Crippen LogP contribution in [0.3, 0.4) is 0 Å². The van der Waals surface area contributed by atoms with Crippen molar-refractivity contribution in [3.63, 3.8) is 0 Å². The first-order chi connectivity index (χ1) is 15.1. The molecule has 9 unspecified atom stereocenters. The SMILES string of the molecule is CCOCCOC(=O)C1CC2C3CC(C2C(C)C1C(=O)OC)C(C(C)C)C3C(C)(C)CC. The summed E-state index contributed by atoms with van der Waals surface area (Å²) in [6, 6.07) is 0. The fourth-order valence-corrected chi connectivity index (χ4v) is 8.24. The highest BCUT2D eigenvalue weighted by molar-refractivity contribution is 5.82. The van der Waals surface area contributed by atoms with E-state index in [0.29, 0.717) is 54.6 Å². The predicted molar refractivity (Wildman–Crippen MR) is 125 cm³/mol. The first-order valence-corrected chi connectivity index (χ1v) is 12.9. The molecule has 184 valence electrons. The van der Waals surface area contributed by atoms with Gasteiger partial charge in [-0.05, 0) is 72.5 Å². The lowest BCUT2D eigenvalue weighted by molar-refractivity contribution is -0.172. The molecule has 0 aromatic heterocycles. The highest BCUT2D eigenvalue weighted by Crippen LogP contribution is 2.69. The monoisotopic (exact) mass is 450 g/mol. The zero-order chi connectivity index (χ0) is 23.8. The van der Waals surface area contributed by atoms with Gasteiger partial charge in [0.25, 0.3) is 0 Å². The molecule has 0 aromatic carbocycles. The standard InChI is InChI=1S/C27H46O5/c1-9-27(6,7)24-18-14-19(21(24)15(3)4)22-16(5)23(26(29)30-8)20(13-17(18)22)25(28)32-12-11-31-10-2/h15-24H,9-14H2,1-8H3. The molecule has 0 amide bonds. The summed E-state index contributed by atoms with van der Waals surface area (Å²) < 4.78 is 16.1. The number of carbonyl (C=O) groups is 2. The molecular weight excluding hydrogens is 404 g/mol.